The number of nitrogens with one attached hydrogen (secondary N) is 1. The molecule has 0 heterocycles. The number of hydrogen-bond donors (Lipinski definition) is 2. The van der Waals surface area contributed by atoms with E-state index < -0.39 is 10.0 Å². The van der Waals surface area contributed by atoms with Gasteiger partial charge in [0.25, 0.3) is 10.0 Å². The van der Waals surface area contributed by atoms with Crippen LogP contribution in [0.2, 0.25) is 0 Å². The summed E-state index contributed by atoms with van der Waals surface area (Å²) < 4.78 is 28.6. The predicted octanol–water partition coefficient (Wildman–Crippen LogP) is 3.76. The largest absolute Gasteiger partial charge is 0.397 e. The molecule has 0 aliphatic heterocycles. The lowest BCUT2D eigenvalue weighted by Crippen LogP contribution is -2.17. The van der Waals surface area contributed by atoms with Crippen LogP contribution in [0.4, 0.5) is 11.4 Å². The molecule has 0 aliphatic rings. The third-order valence-corrected chi connectivity index (χ3v) is 5.51. The molecule has 4 nitrogen and oxygen atoms in total. The molecule has 0 atom stereocenters. The number of anilines is 2. The standard InChI is InChI=1S/C15H17BrN2O2S/c1-9-4-7-12(16)13(8-9)18-21(19,20)15-11(3)6-5-10(2)14(15)17/h4-8,18H,17H2,1-3H3. The van der Waals surface area contributed by atoms with Crippen LogP contribution in [0.3, 0.4) is 0 Å². The van der Waals surface area contributed by atoms with Gasteiger partial charge in [0.1, 0.15) is 4.90 Å². The van der Waals surface area contributed by atoms with E-state index >= 15 is 0 Å². The average molecular weight is 369 g/mol. The summed E-state index contributed by atoms with van der Waals surface area (Å²) in [5.74, 6) is 0. The Bertz CT molecular complexity index is 802. The molecule has 0 fully saturated rings. The third kappa shape index (κ3) is 3.22. The Morgan fingerprint density at radius 3 is 2.33 bits per heavy atom. The molecule has 2 rings (SSSR count). The van der Waals surface area contributed by atoms with Crippen molar-refractivity contribution >= 4 is 37.3 Å². The van der Waals surface area contributed by atoms with Gasteiger partial charge in [-0.15, -0.1) is 0 Å². The fraction of sp³-hybridized carbons (Fsp3) is 0.200. The van der Waals surface area contributed by atoms with Crippen LogP contribution in [0.1, 0.15) is 16.7 Å². The van der Waals surface area contributed by atoms with E-state index in [9.17, 15) is 8.42 Å². The van der Waals surface area contributed by atoms with Gasteiger partial charge in [0.05, 0.1) is 11.4 Å². The molecule has 3 N–H and O–H groups in total. The van der Waals surface area contributed by atoms with E-state index in [1.807, 2.05) is 19.1 Å². The van der Waals surface area contributed by atoms with Crippen molar-refractivity contribution in [3.63, 3.8) is 0 Å². The average Bonchev–Trinajstić information content (AvgIpc) is 2.38. The van der Waals surface area contributed by atoms with Gasteiger partial charge in [-0.2, -0.15) is 0 Å². The van der Waals surface area contributed by atoms with E-state index in [2.05, 4.69) is 20.7 Å². The van der Waals surface area contributed by atoms with Crippen LogP contribution in [-0.4, -0.2) is 8.42 Å². The maximum absolute atomic E-state index is 12.6. The first-order chi connectivity index (χ1) is 9.72. The number of benzene rings is 2. The number of halogens is 1. The summed E-state index contributed by atoms with van der Waals surface area (Å²) in [7, 11) is -3.74. The van der Waals surface area contributed by atoms with Gasteiger partial charge >= 0.3 is 0 Å². The molecule has 0 bridgehead atoms. The summed E-state index contributed by atoms with van der Waals surface area (Å²) in [6.45, 7) is 5.42. The highest BCUT2D eigenvalue weighted by atomic mass is 79.9. The van der Waals surface area contributed by atoms with Crippen LogP contribution in [-0.2, 0) is 10.0 Å². The normalized spacial score (nSPS) is 11.4. The smallest absolute Gasteiger partial charge is 0.264 e. The van der Waals surface area contributed by atoms with Crippen molar-refractivity contribution in [2.45, 2.75) is 25.7 Å². The van der Waals surface area contributed by atoms with Crippen molar-refractivity contribution in [3.05, 3.63) is 51.5 Å². The topological polar surface area (TPSA) is 72.2 Å². The lowest BCUT2D eigenvalue weighted by molar-refractivity contribution is 0.601. The molecule has 0 unspecified atom stereocenters. The van der Waals surface area contributed by atoms with Gasteiger partial charge in [-0.1, -0.05) is 18.2 Å². The SMILES string of the molecule is Cc1ccc(Br)c(NS(=O)(=O)c2c(C)ccc(C)c2N)c1. The van der Waals surface area contributed by atoms with Gasteiger partial charge < -0.3 is 5.73 Å². The molecular formula is C15H17BrN2O2S. The highest BCUT2D eigenvalue weighted by molar-refractivity contribution is 9.10. The summed E-state index contributed by atoms with van der Waals surface area (Å²) in [4.78, 5) is 0.135. The minimum absolute atomic E-state index is 0.135. The first-order valence-corrected chi connectivity index (χ1v) is 8.64. The van der Waals surface area contributed by atoms with Gasteiger partial charge in [0, 0.05) is 4.47 Å². The third-order valence-electron chi connectivity index (χ3n) is 3.25. The maximum atomic E-state index is 12.6. The molecule has 0 saturated carbocycles. The van der Waals surface area contributed by atoms with E-state index in [1.54, 1.807) is 32.0 Å². The van der Waals surface area contributed by atoms with Gasteiger partial charge in [-0.05, 0) is 65.5 Å². The van der Waals surface area contributed by atoms with Crippen molar-refractivity contribution in [1.82, 2.24) is 0 Å². The van der Waals surface area contributed by atoms with Crippen LogP contribution >= 0.6 is 15.9 Å². The van der Waals surface area contributed by atoms with Crippen molar-refractivity contribution in [2.24, 2.45) is 0 Å². The monoisotopic (exact) mass is 368 g/mol. The van der Waals surface area contributed by atoms with Gasteiger partial charge in [0.15, 0.2) is 0 Å². The number of aryl methyl sites for hydroxylation is 3. The van der Waals surface area contributed by atoms with E-state index in [0.29, 0.717) is 15.7 Å². The lowest BCUT2D eigenvalue weighted by atomic mass is 10.1. The Morgan fingerprint density at radius 1 is 1.05 bits per heavy atom. The van der Waals surface area contributed by atoms with Crippen molar-refractivity contribution in [1.29, 1.82) is 0 Å². The first kappa shape index (κ1) is 15.9. The molecule has 0 aliphatic carbocycles. The fourth-order valence-electron chi connectivity index (χ4n) is 2.08. The second-order valence-electron chi connectivity index (χ2n) is 5.03. The van der Waals surface area contributed by atoms with Crippen LogP contribution in [0.25, 0.3) is 0 Å². The Morgan fingerprint density at radius 2 is 1.67 bits per heavy atom. The minimum atomic E-state index is -3.74. The number of hydrogen-bond acceptors (Lipinski definition) is 3. The predicted molar refractivity (Wildman–Crippen MR) is 90.0 cm³/mol. The van der Waals surface area contributed by atoms with E-state index in [4.69, 9.17) is 5.73 Å². The quantitative estimate of drug-likeness (QED) is 0.810. The Hall–Kier alpha value is -1.53. The molecular weight excluding hydrogens is 352 g/mol. The number of nitrogens with two attached hydrogens (primary N) is 1. The van der Waals surface area contributed by atoms with E-state index in [-0.39, 0.29) is 10.6 Å². The van der Waals surface area contributed by atoms with Crippen LogP contribution in [0.5, 0.6) is 0 Å². The molecule has 0 saturated heterocycles. The number of nitrogen functional groups attached to an aromatic ring is 1. The Kier molecular flexibility index (Phi) is 4.30. The summed E-state index contributed by atoms with van der Waals surface area (Å²) in [5.41, 5.74) is 9.06. The molecule has 6 heteroatoms. The Balaban J connectivity index is 2.54. The van der Waals surface area contributed by atoms with Gasteiger partial charge in [0.2, 0.25) is 0 Å². The van der Waals surface area contributed by atoms with Crippen LogP contribution < -0.4 is 10.5 Å². The second kappa shape index (κ2) is 5.69. The zero-order valence-corrected chi connectivity index (χ0v) is 14.5. The summed E-state index contributed by atoms with van der Waals surface area (Å²) in [6, 6.07) is 9.04. The highest BCUT2D eigenvalue weighted by Gasteiger charge is 2.22. The zero-order chi connectivity index (χ0) is 15.8. The fourth-order valence-corrected chi connectivity index (χ4v) is 4.06. The van der Waals surface area contributed by atoms with Crippen molar-refractivity contribution in [2.75, 3.05) is 10.5 Å². The number of sulfonamides is 1. The molecule has 2 aromatic rings. The number of rotatable bonds is 3. The minimum Gasteiger partial charge on any atom is -0.397 e. The molecule has 2 aromatic carbocycles. The Labute approximate surface area is 133 Å². The van der Waals surface area contributed by atoms with E-state index in [0.717, 1.165) is 11.1 Å². The summed E-state index contributed by atoms with van der Waals surface area (Å²) in [5, 5.41) is 0. The lowest BCUT2D eigenvalue weighted by Gasteiger charge is -2.15. The molecule has 0 aromatic heterocycles. The van der Waals surface area contributed by atoms with Crippen LogP contribution in [0, 0.1) is 20.8 Å². The first-order valence-electron chi connectivity index (χ1n) is 6.37. The second-order valence-corrected chi connectivity index (χ2v) is 7.50. The van der Waals surface area contributed by atoms with Crippen LogP contribution in [0.15, 0.2) is 39.7 Å². The molecule has 21 heavy (non-hydrogen) atoms. The van der Waals surface area contributed by atoms with Gasteiger partial charge in [-0.25, -0.2) is 8.42 Å². The molecule has 0 spiro atoms. The maximum Gasteiger partial charge on any atom is 0.264 e. The van der Waals surface area contributed by atoms with Gasteiger partial charge in [-0.3, -0.25) is 4.72 Å². The molecule has 112 valence electrons. The van der Waals surface area contributed by atoms with Crippen molar-refractivity contribution < 1.29 is 8.42 Å². The highest BCUT2D eigenvalue weighted by Crippen LogP contribution is 2.30. The zero-order valence-electron chi connectivity index (χ0n) is 12.1. The summed E-state index contributed by atoms with van der Waals surface area (Å²) >= 11 is 3.35. The van der Waals surface area contributed by atoms with Crippen molar-refractivity contribution in [3.8, 4) is 0 Å². The molecule has 0 radical (unpaired) electrons. The summed E-state index contributed by atoms with van der Waals surface area (Å²) in [6.07, 6.45) is 0. The van der Waals surface area contributed by atoms with E-state index in [1.165, 1.54) is 0 Å². The molecule has 0 amide bonds.